The fraction of sp³-hybridized carbons (Fsp3) is 0.188. The standard InChI is InChI=1S/C16H12F4O2/c1-10(21)12-7-14(17)15(8-13(12)16(18,19)20)22-9-11-5-3-2-4-6-11/h2-8H,9H2,1H3. The van der Waals surface area contributed by atoms with E-state index in [-0.39, 0.29) is 6.61 Å². The van der Waals surface area contributed by atoms with Crippen LogP contribution in [-0.2, 0) is 12.8 Å². The summed E-state index contributed by atoms with van der Waals surface area (Å²) < 4.78 is 57.8. The van der Waals surface area contributed by atoms with E-state index in [1.54, 1.807) is 30.3 Å². The molecule has 6 heteroatoms. The summed E-state index contributed by atoms with van der Waals surface area (Å²) in [6.45, 7) is 0.878. The van der Waals surface area contributed by atoms with Crippen LogP contribution >= 0.6 is 0 Å². The van der Waals surface area contributed by atoms with Crippen molar-refractivity contribution in [1.82, 2.24) is 0 Å². The lowest BCUT2D eigenvalue weighted by Crippen LogP contribution is -2.13. The predicted molar refractivity (Wildman–Crippen MR) is 72.2 cm³/mol. The fourth-order valence-electron chi connectivity index (χ4n) is 1.93. The van der Waals surface area contributed by atoms with Gasteiger partial charge in [-0.25, -0.2) is 4.39 Å². The highest BCUT2D eigenvalue weighted by molar-refractivity contribution is 5.96. The van der Waals surface area contributed by atoms with Gasteiger partial charge in [0.25, 0.3) is 0 Å². The molecule has 0 heterocycles. The van der Waals surface area contributed by atoms with Crippen LogP contribution in [0.3, 0.4) is 0 Å². The molecule has 22 heavy (non-hydrogen) atoms. The van der Waals surface area contributed by atoms with Crippen molar-refractivity contribution in [3.05, 3.63) is 65.0 Å². The Morgan fingerprint density at radius 3 is 2.32 bits per heavy atom. The van der Waals surface area contributed by atoms with Gasteiger partial charge < -0.3 is 4.74 Å². The lowest BCUT2D eigenvalue weighted by atomic mass is 10.0. The number of carbonyl (C=O) groups is 1. The minimum atomic E-state index is -4.76. The van der Waals surface area contributed by atoms with Crippen molar-refractivity contribution in [3.8, 4) is 5.75 Å². The zero-order valence-electron chi connectivity index (χ0n) is 11.6. The van der Waals surface area contributed by atoms with Crippen LogP contribution in [0.15, 0.2) is 42.5 Å². The van der Waals surface area contributed by atoms with Gasteiger partial charge >= 0.3 is 6.18 Å². The van der Waals surface area contributed by atoms with Crippen molar-refractivity contribution in [1.29, 1.82) is 0 Å². The molecule has 0 aromatic heterocycles. The number of rotatable bonds is 4. The first kappa shape index (κ1) is 16.0. The molecule has 0 radical (unpaired) electrons. The molecule has 0 atom stereocenters. The molecule has 0 saturated carbocycles. The van der Waals surface area contributed by atoms with E-state index < -0.39 is 34.7 Å². The molecule has 0 aliphatic carbocycles. The number of alkyl halides is 3. The lowest BCUT2D eigenvalue weighted by molar-refractivity contribution is -0.138. The van der Waals surface area contributed by atoms with Crippen molar-refractivity contribution in [2.24, 2.45) is 0 Å². The van der Waals surface area contributed by atoms with Gasteiger partial charge in [-0.05, 0) is 24.6 Å². The Morgan fingerprint density at radius 1 is 1.14 bits per heavy atom. The van der Waals surface area contributed by atoms with Gasteiger partial charge in [0, 0.05) is 5.56 Å². The number of carbonyl (C=O) groups excluding carboxylic acids is 1. The van der Waals surface area contributed by atoms with Gasteiger partial charge in [0.2, 0.25) is 0 Å². The van der Waals surface area contributed by atoms with Gasteiger partial charge in [-0.3, -0.25) is 4.79 Å². The summed E-state index contributed by atoms with van der Waals surface area (Å²) in [7, 11) is 0. The van der Waals surface area contributed by atoms with Crippen molar-refractivity contribution in [2.45, 2.75) is 19.7 Å². The average Bonchev–Trinajstić information content (AvgIpc) is 2.45. The first-order chi connectivity index (χ1) is 10.3. The Bertz CT molecular complexity index is 679. The monoisotopic (exact) mass is 312 g/mol. The van der Waals surface area contributed by atoms with Crippen LogP contribution in [0.4, 0.5) is 17.6 Å². The largest absolute Gasteiger partial charge is 0.486 e. The van der Waals surface area contributed by atoms with E-state index in [1.807, 2.05) is 0 Å². The summed E-state index contributed by atoms with van der Waals surface area (Å²) in [5.74, 6) is -2.41. The van der Waals surface area contributed by atoms with Crippen molar-refractivity contribution < 1.29 is 27.1 Å². The maximum atomic E-state index is 13.8. The van der Waals surface area contributed by atoms with Gasteiger partial charge in [-0.2, -0.15) is 13.2 Å². The van der Waals surface area contributed by atoms with E-state index in [0.29, 0.717) is 17.7 Å². The summed E-state index contributed by atoms with van der Waals surface area (Å²) in [6, 6.07) is 9.72. The second-order valence-corrected chi connectivity index (χ2v) is 4.66. The molecule has 2 aromatic rings. The molecule has 2 rings (SSSR count). The van der Waals surface area contributed by atoms with Crippen LogP contribution < -0.4 is 4.74 Å². The van der Waals surface area contributed by atoms with E-state index in [9.17, 15) is 22.4 Å². The first-order valence-electron chi connectivity index (χ1n) is 6.37. The highest BCUT2D eigenvalue weighted by atomic mass is 19.4. The number of halogens is 4. The second-order valence-electron chi connectivity index (χ2n) is 4.66. The SMILES string of the molecule is CC(=O)c1cc(F)c(OCc2ccccc2)cc1C(F)(F)F. The summed E-state index contributed by atoms with van der Waals surface area (Å²) in [4.78, 5) is 11.2. The number of ketones is 1. The van der Waals surface area contributed by atoms with Crippen LogP contribution in [-0.4, -0.2) is 5.78 Å². The molecule has 116 valence electrons. The number of Topliss-reactive ketones (excluding diaryl/α,β-unsaturated/α-hetero) is 1. The molecule has 0 fully saturated rings. The molecule has 2 nitrogen and oxygen atoms in total. The lowest BCUT2D eigenvalue weighted by Gasteiger charge is -2.14. The summed E-state index contributed by atoms with van der Waals surface area (Å²) in [6.07, 6.45) is -4.76. The molecular weight excluding hydrogens is 300 g/mol. The number of hydrogen-bond donors (Lipinski definition) is 0. The quantitative estimate of drug-likeness (QED) is 0.608. The summed E-state index contributed by atoms with van der Waals surface area (Å²) in [5, 5.41) is 0. The average molecular weight is 312 g/mol. The molecule has 0 spiro atoms. The second kappa shape index (κ2) is 6.17. The smallest absolute Gasteiger partial charge is 0.417 e. The molecule has 0 saturated heterocycles. The van der Waals surface area contributed by atoms with Crippen LogP contribution in [0.2, 0.25) is 0 Å². The Balaban J connectivity index is 2.34. The maximum Gasteiger partial charge on any atom is 0.417 e. The third-order valence-corrected chi connectivity index (χ3v) is 2.99. The normalized spacial score (nSPS) is 11.3. The summed E-state index contributed by atoms with van der Waals surface area (Å²) in [5.41, 5.74) is -1.23. The third kappa shape index (κ3) is 3.63. The van der Waals surface area contributed by atoms with Gasteiger partial charge in [0.15, 0.2) is 17.3 Å². The van der Waals surface area contributed by atoms with Crippen molar-refractivity contribution in [3.63, 3.8) is 0 Å². The first-order valence-corrected chi connectivity index (χ1v) is 6.37. The topological polar surface area (TPSA) is 26.3 Å². The predicted octanol–water partition coefficient (Wildman–Crippen LogP) is 4.63. The molecule has 0 N–H and O–H groups in total. The zero-order valence-corrected chi connectivity index (χ0v) is 11.6. The van der Waals surface area contributed by atoms with Gasteiger partial charge in [0.05, 0.1) is 5.56 Å². The molecule has 2 aromatic carbocycles. The molecule has 0 amide bonds. The van der Waals surface area contributed by atoms with Crippen molar-refractivity contribution in [2.75, 3.05) is 0 Å². The van der Waals surface area contributed by atoms with E-state index in [1.165, 1.54) is 0 Å². The Hall–Kier alpha value is -2.37. The Labute approximate surface area is 124 Å². The van der Waals surface area contributed by atoms with E-state index in [4.69, 9.17) is 4.74 Å². The highest BCUT2D eigenvalue weighted by Crippen LogP contribution is 2.36. The van der Waals surface area contributed by atoms with Crippen LogP contribution in [0.1, 0.15) is 28.4 Å². The zero-order chi connectivity index (χ0) is 16.3. The molecule has 0 bridgehead atoms. The Kier molecular flexibility index (Phi) is 4.49. The maximum absolute atomic E-state index is 13.8. The third-order valence-electron chi connectivity index (χ3n) is 2.99. The Morgan fingerprint density at radius 2 is 1.77 bits per heavy atom. The minimum absolute atomic E-state index is 0.0749. The fourth-order valence-corrected chi connectivity index (χ4v) is 1.93. The van der Waals surface area contributed by atoms with Crippen LogP contribution in [0, 0.1) is 5.82 Å². The molecule has 0 aliphatic rings. The molecule has 0 aliphatic heterocycles. The van der Waals surface area contributed by atoms with Crippen molar-refractivity contribution >= 4 is 5.78 Å². The molecular formula is C16H12F4O2. The van der Waals surface area contributed by atoms with Gasteiger partial charge in [0.1, 0.15) is 6.61 Å². The van der Waals surface area contributed by atoms with Gasteiger partial charge in [-0.15, -0.1) is 0 Å². The van der Waals surface area contributed by atoms with E-state index in [0.717, 1.165) is 6.92 Å². The van der Waals surface area contributed by atoms with E-state index in [2.05, 4.69) is 0 Å². The number of ether oxygens (including phenoxy) is 1. The van der Waals surface area contributed by atoms with Crippen LogP contribution in [0.5, 0.6) is 5.75 Å². The van der Waals surface area contributed by atoms with Crippen LogP contribution in [0.25, 0.3) is 0 Å². The molecule has 0 unspecified atom stereocenters. The highest BCUT2D eigenvalue weighted by Gasteiger charge is 2.36. The number of hydrogen-bond acceptors (Lipinski definition) is 2. The van der Waals surface area contributed by atoms with Gasteiger partial charge in [-0.1, -0.05) is 30.3 Å². The minimum Gasteiger partial charge on any atom is -0.486 e. The number of benzene rings is 2. The van der Waals surface area contributed by atoms with E-state index >= 15 is 0 Å². The summed E-state index contributed by atoms with van der Waals surface area (Å²) >= 11 is 0.